The summed E-state index contributed by atoms with van der Waals surface area (Å²) in [4.78, 5) is 55.2. The van der Waals surface area contributed by atoms with Gasteiger partial charge in [0.05, 0.1) is 5.92 Å². The molecule has 40 heavy (non-hydrogen) atoms. The maximum atomic E-state index is 13.8. The zero-order chi connectivity index (χ0) is 28.9. The van der Waals surface area contributed by atoms with Crippen molar-refractivity contribution in [3.8, 4) is 0 Å². The number of hydrogen-bond acceptors (Lipinski definition) is 5. The molecule has 0 heterocycles. The van der Waals surface area contributed by atoms with Gasteiger partial charge in [0.25, 0.3) is 0 Å². The van der Waals surface area contributed by atoms with Crippen molar-refractivity contribution in [2.24, 2.45) is 22.4 Å². The topological polar surface area (TPSA) is 189 Å². The number of guanidine groups is 1. The summed E-state index contributed by atoms with van der Waals surface area (Å²) in [6.45, 7) is -0.377. The van der Waals surface area contributed by atoms with E-state index in [1.54, 1.807) is 30.3 Å². The van der Waals surface area contributed by atoms with Crippen LogP contribution in [0.3, 0.4) is 0 Å². The fraction of sp³-hybridized carbons (Fsp3) is 0.414. The fourth-order valence-electron chi connectivity index (χ4n) is 5.08. The van der Waals surface area contributed by atoms with Gasteiger partial charge >= 0.3 is 5.97 Å². The summed E-state index contributed by atoms with van der Waals surface area (Å²) < 4.78 is 0. The Labute approximate surface area is 233 Å². The molecule has 0 bridgehead atoms. The Morgan fingerprint density at radius 2 is 1.45 bits per heavy atom. The van der Waals surface area contributed by atoms with Gasteiger partial charge in [0.15, 0.2) is 5.96 Å². The molecule has 1 aliphatic rings. The zero-order valence-corrected chi connectivity index (χ0v) is 22.4. The molecular weight excluding hydrogens is 512 g/mol. The highest BCUT2D eigenvalue weighted by atomic mass is 16.4. The van der Waals surface area contributed by atoms with Gasteiger partial charge in [0.1, 0.15) is 18.6 Å². The first-order chi connectivity index (χ1) is 19.3. The smallest absolute Gasteiger partial charge is 0.322 e. The first-order valence-corrected chi connectivity index (χ1v) is 13.5. The molecule has 3 amide bonds. The average Bonchev–Trinajstić information content (AvgIpc) is 3.47. The zero-order valence-electron chi connectivity index (χ0n) is 22.4. The molecule has 11 nitrogen and oxygen atoms in total. The van der Waals surface area contributed by atoms with Crippen LogP contribution in [-0.2, 0) is 19.2 Å². The van der Waals surface area contributed by atoms with Crippen LogP contribution in [0.4, 0.5) is 0 Å². The lowest BCUT2D eigenvalue weighted by Crippen LogP contribution is -2.51. The lowest BCUT2D eigenvalue weighted by atomic mass is 9.84. The summed E-state index contributed by atoms with van der Waals surface area (Å²) >= 11 is 0. The van der Waals surface area contributed by atoms with Gasteiger partial charge in [-0.1, -0.05) is 73.5 Å². The Kier molecular flexibility index (Phi) is 11.5. The molecule has 0 aliphatic heterocycles. The highest BCUT2D eigenvalue weighted by molar-refractivity contribution is 5.94. The van der Waals surface area contributed by atoms with Crippen molar-refractivity contribution in [2.45, 2.75) is 56.5 Å². The third-order valence-corrected chi connectivity index (χ3v) is 6.99. The van der Waals surface area contributed by atoms with Crippen LogP contribution in [0.15, 0.2) is 65.7 Å². The van der Waals surface area contributed by atoms with Crippen LogP contribution >= 0.6 is 0 Å². The number of benzene rings is 2. The van der Waals surface area contributed by atoms with Gasteiger partial charge in [-0.05, 0) is 42.7 Å². The quantitative estimate of drug-likeness (QED) is 0.117. The molecule has 1 aliphatic carbocycles. The summed E-state index contributed by atoms with van der Waals surface area (Å²) in [5.74, 6) is -3.09. The van der Waals surface area contributed by atoms with Crippen molar-refractivity contribution in [1.29, 1.82) is 0 Å². The molecule has 1 saturated carbocycles. The van der Waals surface area contributed by atoms with E-state index < -0.39 is 42.3 Å². The van der Waals surface area contributed by atoms with Gasteiger partial charge in [-0.3, -0.25) is 24.2 Å². The molecular formula is C29H38N6O5. The molecule has 214 valence electrons. The number of nitrogens with one attached hydrogen (secondary N) is 3. The number of carbonyl (C=O) groups is 4. The molecule has 0 saturated heterocycles. The molecule has 2 aromatic carbocycles. The fourth-order valence-corrected chi connectivity index (χ4v) is 5.08. The first-order valence-electron chi connectivity index (χ1n) is 13.5. The van der Waals surface area contributed by atoms with Gasteiger partial charge in [-0.25, -0.2) is 0 Å². The van der Waals surface area contributed by atoms with Crippen LogP contribution < -0.4 is 27.4 Å². The predicted molar refractivity (Wildman–Crippen MR) is 151 cm³/mol. The molecule has 8 N–H and O–H groups in total. The highest BCUT2D eigenvalue weighted by Crippen LogP contribution is 2.38. The Morgan fingerprint density at radius 1 is 0.850 bits per heavy atom. The van der Waals surface area contributed by atoms with E-state index in [9.17, 15) is 19.2 Å². The van der Waals surface area contributed by atoms with Crippen LogP contribution in [0.1, 0.15) is 61.6 Å². The number of carboxylic acids is 1. The van der Waals surface area contributed by atoms with Gasteiger partial charge in [0.2, 0.25) is 17.7 Å². The molecule has 0 radical (unpaired) electrons. The van der Waals surface area contributed by atoms with Gasteiger partial charge in [-0.2, -0.15) is 0 Å². The minimum Gasteiger partial charge on any atom is -0.480 e. The van der Waals surface area contributed by atoms with Crippen molar-refractivity contribution in [3.63, 3.8) is 0 Å². The summed E-state index contributed by atoms with van der Waals surface area (Å²) in [6, 6.07) is 16.2. The second kappa shape index (κ2) is 15.2. The number of nitrogens with two attached hydrogens (primary N) is 2. The predicted octanol–water partition coefficient (Wildman–Crippen LogP) is 1.56. The number of rotatable bonds is 14. The van der Waals surface area contributed by atoms with Crippen LogP contribution in [0.2, 0.25) is 0 Å². The van der Waals surface area contributed by atoms with Crippen molar-refractivity contribution < 1.29 is 24.3 Å². The van der Waals surface area contributed by atoms with Crippen molar-refractivity contribution in [2.75, 3.05) is 13.1 Å². The van der Waals surface area contributed by atoms with Crippen molar-refractivity contribution in [1.82, 2.24) is 16.0 Å². The minimum absolute atomic E-state index is 0.0991. The van der Waals surface area contributed by atoms with Crippen LogP contribution in [0.25, 0.3) is 0 Å². The van der Waals surface area contributed by atoms with E-state index in [1.807, 2.05) is 30.3 Å². The van der Waals surface area contributed by atoms with Crippen LogP contribution in [0.5, 0.6) is 0 Å². The average molecular weight is 551 g/mol. The van der Waals surface area contributed by atoms with E-state index in [2.05, 4.69) is 20.9 Å². The number of nitrogens with zero attached hydrogens (tertiary/aromatic N) is 1. The molecule has 2 unspecified atom stereocenters. The molecule has 0 spiro atoms. The second-order valence-corrected chi connectivity index (χ2v) is 9.91. The Balaban J connectivity index is 1.83. The standard InChI is InChI=1S/C29H38N6O5/c30-29(31)32-17-9-16-22(26(38)33-18-23(36)37)34-28(40)25(21-14-5-2-6-15-21)35-27(39)24(20-12-7-8-13-20)19-10-3-1-4-11-19/h1-6,10-11,14-15,20,22,24-25H,7-9,12-13,16-18H2,(H,33,38)(H,34,40)(H,35,39)(H,36,37)(H4,30,31,32)/t22-,24?,25?/m0/s1. The summed E-state index contributed by atoms with van der Waals surface area (Å²) in [6.07, 6.45) is 4.46. The van der Waals surface area contributed by atoms with E-state index in [1.165, 1.54) is 0 Å². The maximum absolute atomic E-state index is 13.8. The lowest BCUT2D eigenvalue weighted by molar-refractivity contribution is -0.138. The summed E-state index contributed by atoms with van der Waals surface area (Å²) in [5, 5.41) is 17.0. The van der Waals surface area contributed by atoms with Crippen molar-refractivity contribution >= 4 is 29.7 Å². The van der Waals surface area contributed by atoms with Gasteiger partial charge in [-0.15, -0.1) is 0 Å². The monoisotopic (exact) mass is 550 g/mol. The summed E-state index contributed by atoms with van der Waals surface area (Å²) in [5.41, 5.74) is 12.2. The van der Waals surface area contributed by atoms with E-state index in [-0.39, 0.29) is 30.8 Å². The maximum Gasteiger partial charge on any atom is 0.322 e. The third-order valence-electron chi connectivity index (χ3n) is 6.99. The largest absolute Gasteiger partial charge is 0.480 e. The number of amides is 3. The summed E-state index contributed by atoms with van der Waals surface area (Å²) in [7, 11) is 0. The molecule has 1 fully saturated rings. The number of aliphatic imine (C=N–C) groups is 1. The second-order valence-electron chi connectivity index (χ2n) is 9.91. The number of carboxylic acid groups (broad SMARTS) is 1. The van der Waals surface area contributed by atoms with Crippen LogP contribution in [0, 0.1) is 5.92 Å². The molecule has 0 aromatic heterocycles. The number of hydrogen-bond donors (Lipinski definition) is 6. The lowest BCUT2D eigenvalue weighted by Gasteiger charge is -2.27. The Hall–Kier alpha value is -4.41. The molecule has 2 aromatic rings. The highest BCUT2D eigenvalue weighted by Gasteiger charge is 2.35. The Morgan fingerprint density at radius 3 is 2.02 bits per heavy atom. The first kappa shape index (κ1) is 30.1. The number of aliphatic carboxylic acids is 1. The van der Waals surface area contributed by atoms with Gasteiger partial charge < -0.3 is 32.5 Å². The number of carbonyl (C=O) groups excluding carboxylic acids is 3. The van der Waals surface area contributed by atoms with Crippen LogP contribution in [-0.4, -0.2) is 53.9 Å². The van der Waals surface area contributed by atoms with Crippen molar-refractivity contribution in [3.05, 3.63) is 71.8 Å². The van der Waals surface area contributed by atoms with Gasteiger partial charge in [0, 0.05) is 6.54 Å². The van der Waals surface area contributed by atoms with E-state index in [0.717, 1.165) is 31.2 Å². The third kappa shape index (κ3) is 9.11. The minimum atomic E-state index is -1.22. The van der Waals surface area contributed by atoms with E-state index in [4.69, 9.17) is 16.6 Å². The SMILES string of the molecule is NC(N)=NCCC[C@H](NC(=O)C(NC(=O)C(c1ccccc1)C1CCCC1)c1ccccc1)C(=O)NCC(=O)O. The Bertz CT molecular complexity index is 1160. The molecule has 3 rings (SSSR count). The van der Waals surface area contributed by atoms with E-state index in [0.29, 0.717) is 12.0 Å². The normalized spacial score (nSPS) is 15.3. The van der Waals surface area contributed by atoms with E-state index >= 15 is 0 Å². The molecule has 3 atom stereocenters. The molecule has 11 heteroatoms.